The zero-order chi connectivity index (χ0) is 24.9. The van der Waals surface area contributed by atoms with Crippen LogP contribution in [0, 0.1) is 34.0 Å². The molecule has 35 heavy (non-hydrogen) atoms. The van der Waals surface area contributed by atoms with Crippen molar-refractivity contribution in [1.82, 2.24) is 0 Å². The van der Waals surface area contributed by atoms with Gasteiger partial charge in [-0.1, -0.05) is 44.2 Å². The molecule has 3 saturated carbocycles. The van der Waals surface area contributed by atoms with Crippen LogP contribution in [0.5, 0.6) is 0 Å². The maximum Gasteiger partial charge on any atom is 0.339 e. The van der Waals surface area contributed by atoms with E-state index < -0.39 is 58.9 Å². The average molecular weight is 501 g/mol. The fraction of sp³-hybridized carbons (Fsp3) is 0.593. The number of benzene rings is 1. The third kappa shape index (κ3) is 2.72. The summed E-state index contributed by atoms with van der Waals surface area (Å²) in [5.41, 5.74) is -2.29. The molecule has 8 atom stereocenters. The molecule has 2 heterocycles. The van der Waals surface area contributed by atoms with Crippen LogP contribution >= 0.6 is 11.6 Å². The second kappa shape index (κ2) is 7.40. The molecule has 0 unspecified atom stereocenters. The number of esters is 2. The number of halogens is 1. The smallest absolute Gasteiger partial charge is 0.339 e. The van der Waals surface area contributed by atoms with Crippen LogP contribution in [-0.2, 0) is 23.8 Å². The van der Waals surface area contributed by atoms with Crippen molar-refractivity contribution in [3.8, 4) is 0 Å². The van der Waals surface area contributed by atoms with E-state index in [0.717, 1.165) is 6.42 Å². The molecule has 8 heteroatoms. The molecule has 7 nitrogen and oxygen atoms in total. The number of aliphatic hydroxyl groups excluding tert-OH is 1. The number of hydrogen-bond acceptors (Lipinski definition) is 7. The molecule has 2 bridgehead atoms. The molecule has 6 rings (SSSR count). The molecule has 2 saturated heterocycles. The average Bonchev–Trinajstić information content (AvgIpc) is 3.22. The Morgan fingerprint density at radius 2 is 1.94 bits per heavy atom. The molecule has 186 valence electrons. The van der Waals surface area contributed by atoms with Gasteiger partial charge in [-0.25, -0.2) is 4.79 Å². The Balaban J connectivity index is 1.49. The van der Waals surface area contributed by atoms with Gasteiger partial charge in [0.05, 0.1) is 17.2 Å². The highest BCUT2D eigenvalue weighted by Crippen LogP contribution is 2.71. The quantitative estimate of drug-likeness (QED) is 0.375. The Morgan fingerprint density at radius 3 is 2.69 bits per heavy atom. The largest absolute Gasteiger partial charge is 0.461 e. The molecule has 5 fully saturated rings. The minimum absolute atomic E-state index is 0.168. The van der Waals surface area contributed by atoms with Crippen molar-refractivity contribution in [3.05, 3.63) is 47.0 Å². The topological polar surface area (TPSA) is 99.1 Å². The third-order valence-electron chi connectivity index (χ3n) is 9.67. The number of carbonyl (C=O) groups excluding carboxylic acids is 3. The maximum atomic E-state index is 13.9. The van der Waals surface area contributed by atoms with Gasteiger partial charge in [-0.2, -0.15) is 0 Å². The maximum absolute atomic E-state index is 13.9. The van der Waals surface area contributed by atoms with Crippen LogP contribution in [-0.4, -0.2) is 47.9 Å². The first-order chi connectivity index (χ1) is 16.6. The van der Waals surface area contributed by atoms with Gasteiger partial charge in [0.15, 0.2) is 17.5 Å². The Kier molecular flexibility index (Phi) is 4.91. The van der Waals surface area contributed by atoms with Crippen LogP contribution in [0.3, 0.4) is 0 Å². The van der Waals surface area contributed by atoms with Crippen LogP contribution in [0.2, 0.25) is 5.02 Å². The SMILES string of the molecule is C=C1C(=O)[C@@]23C(=O)O[C@H]4CCC(C)(C)[C@H]5[C@H](O)OC[C@@]45[C@@H]2CC[C@@H]1[C@H]3OC(=O)c1ccccc1Cl. The number of Topliss-reactive ketones (excluding diaryl/α,β-unsaturated/α-hetero) is 1. The predicted octanol–water partition coefficient (Wildman–Crippen LogP) is 3.71. The summed E-state index contributed by atoms with van der Waals surface area (Å²) >= 11 is 6.24. The van der Waals surface area contributed by atoms with E-state index >= 15 is 0 Å². The van der Waals surface area contributed by atoms with Gasteiger partial charge >= 0.3 is 11.9 Å². The Morgan fingerprint density at radius 1 is 1.20 bits per heavy atom. The van der Waals surface area contributed by atoms with Crippen LogP contribution in [0.4, 0.5) is 0 Å². The van der Waals surface area contributed by atoms with E-state index in [2.05, 4.69) is 20.4 Å². The van der Waals surface area contributed by atoms with E-state index in [-0.39, 0.29) is 28.5 Å². The number of rotatable bonds is 2. The van der Waals surface area contributed by atoms with Crippen molar-refractivity contribution < 1.29 is 33.7 Å². The van der Waals surface area contributed by atoms with E-state index in [1.165, 1.54) is 0 Å². The van der Waals surface area contributed by atoms with Gasteiger partial charge in [0.1, 0.15) is 12.2 Å². The number of fused-ring (bicyclic) bond motifs is 1. The summed E-state index contributed by atoms with van der Waals surface area (Å²) in [6.45, 7) is 8.38. The van der Waals surface area contributed by atoms with E-state index in [1.807, 2.05) is 0 Å². The van der Waals surface area contributed by atoms with Crippen molar-refractivity contribution in [2.45, 2.75) is 58.0 Å². The normalized spacial score (nSPS) is 43.1. The lowest BCUT2D eigenvalue weighted by atomic mass is 9.43. The lowest BCUT2D eigenvalue weighted by molar-refractivity contribution is -0.249. The lowest BCUT2D eigenvalue weighted by Gasteiger charge is -2.62. The fourth-order valence-electron chi connectivity index (χ4n) is 8.30. The Hall–Kier alpha value is -2.22. The summed E-state index contributed by atoms with van der Waals surface area (Å²) in [5.74, 6) is -3.07. The second-order valence-electron chi connectivity index (χ2n) is 11.5. The van der Waals surface area contributed by atoms with Crippen molar-refractivity contribution in [3.63, 3.8) is 0 Å². The summed E-state index contributed by atoms with van der Waals surface area (Å²) in [7, 11) is 0. The van der Waals surface area contributed by atoms with E-state index in [0.29, 0.717) is 24.8 Å². The zero-order valence-electron chi connectivity index (χ0n) is 19.8. The van der Waals surface area contributed by atoms with Gasteiger partial charge < -0.3 is 19.3 Å². The summed E-state index contributed by atoms with van der Waals surface area (Å²) < 4.78 is 17.9. The lowest BCUT2D eigenvalue weighted by Crippen LogP contribution is -2.71. The number of hydrogen-bond donors (Lipinski definition) is 1. The van der Waals surface area contributed by atoms with E-state index in [9.17, 15) is 19.5 Å². The van der Waals surface area contributed by atoms with Crippen LogP contribution in [0.1, 0.15) is 49.9 Å². The highest BCUT2D eigenvalue weighted by molar-refractivity contribution is 6.33. The minimum Gasteiger partial charge on any atom is -0.461 e. The first-order valence-electron chi connectivity index (χ1n) is 12.3. The van der Waals surface area contributed by atoms with Gasteiger partial charge in [-0.3, -0.25) is 9.59 Å². The van der Waals surface area contributed by atoms with Crippen LogP contribution in [0.15, 0.2) is 36.4 Å². The number of ether oxygens (including phenoxy) is 3. The number of ketones is 1. The third-order valence-corrected chi connectivity index (χ3v) is 10.00. The van der Waals surface area contributed by atoms with Crippen molar-refractivity contribution in [2.24, 2.45) is 34.0 Å². The van der Waals surface area contributed by atoms with Crippen molar-refractivity contribution in [2.75, 3.05) is 6.61 Å². The highest BCUT2D eigenvalue weighted by Gasteiger charge is 2.81. The fourth-order valence-corrected chi connectivity index (χ4v) is 8.51. The monoisotopic (exact) mass is 500 g/mol. The van der Waals surface area contributed by atoms with Gasteiger partial charge in [0.25, 0.3) is 0 Å². The Labute approximate surface area is 208 Å². The summed E-state index contributed by atoms with van der Waals surface area (Å²) in [6, 6.07) is 6.52. The van der Waals surface area contributed by atoms with Crippen molar-refractivity contribution in [1.29, 1.82) is 0 Å². The molecular weight excluding hydrogens is 472 g/mol. The Bertz CT molecular complexity index is 1160. The molecule has 1 aromatic rings. The molecule has 2 aliphatic heterocycles. The number of aliphatic hydroxyl groups is 1. The number of carbonyl (C=O) groups is 3. The molecule has 5 aliphatic rings. The standard InChI is InChI=1S/C27H29ClO7/c1-13-14-8-9-17-26-12-33-23(31)19(26)25(2,3)11-10-18(26)34-24(32)27(17,20(13)29)21(14)35-22(30)15-6-4-5-7-16(15)28/h4-7,14,17-19,21,23,31H,1,8-12H2,2-3H3/t14-,17-,18-,19+,21+,23+,26+,27-/m0/s1. The zero-order valence-corrected chi connectivity index (χ0v) is 20.5. The second-order valence-corrected chi connectivity index (χ2v) is 11.9. The van der Waals surface area contributed by atoms with Crippen molar-refractivity contribution >= 4 is 29.3 Å². The summed E-state index contributed by atoms with van der Waals surface area (Å²) in [6.07, 6.45) is -0.0585. The molecule has 0 amide bonds. The molecule has 0 aromatic heterocycles. The molecule has 1 aromatic carbocycles. The van der Waals surface area contributed by atoms with Crippen LogP contribution in [0.25, 0.3) is 0 Å². The minimum atomic E-state index is -1.70. The van der Waals surface area contributed by atoms with Crippen LogP contribution < -0.4 is 0 Å². The van der Waals surface area contributed by atoms with Gasteiger partial charge in [0, 0.05) is 17.3 Å². The first kappa shape index (κ1) is 23.2. The predicted molar refractivity (Wildman–Crippen MR) is 124 cm³/mol. The molecule has 1 N–H and O–H groups in total. The van der Waals surface area contributed by atoms with E-state index in [1.54, 1.807) is 24.3 Å². The summed E-state index contributed by atoms with van der Waals surface area (Å²) in [4.78, 5) is 41.0. The summed E-state index contributed by atoms with van der Waals surface area (Å²) in [5, 5.41) is 11.2. The highest BCUT2D eigenvalue weighted by atomic mass is 35.5. The first-order valence-corrected chi connectivity index (χ1v) is 12.6. The van der Waals surface area contributed by atoms with Gasteiger partial charge in [-0.05, 0) is 54.7 Å². The molecule has 3 aliphatic carbocycles. The van der Waals surface area contributed by atoms with Gasteiger partial charge in [0.2, 0.25) is 0 Å². The van der Waals surface area contributed by atoms with Gasteiger partial charge in [-0.15, -0.1) is 0 Å². The van der Waals surface area contributed by atoms with E-state index in [4.69, 9.17) is 25.8 Å². The molecule has 0 radical (unpaired) electrons. The molecule has 2 spiro atoms. The molecular formula is C27H29ClO7.